The highest BCUT2D eigenvalue weighted by molar-refractivity contribution is 9.10. The lowest BCUT2D eigenvalue weighted by atomic mass is 10.2. The van der Waals surface area contributed by atoms with Gasteiger partial charge in [-0.3, -0.25) is 10.1 Å². The van der Waals surface area contributed by atoms with Crippen molar-refractivity contribution in [3.63, 3.8) is 0 Å². The van der Waals surface area contributed by atoms with E-state index in [4.69, 9.17) is 0 Å². The van der Waals surface area contributed by atoms with E-state index >= 15 is 0 Å². The number of hydrogen-bond donors (Lipinski definition) is 2. The zero-order valence-electron chi connectivity index (χ0n) is 11.1. The minimum atomic E-state index is -3.76. The molecule has 0 aliphatic carbocycles. The molecule has 1 aromatic rings. The molecular formula is C11H15BrClN3O4S. The van der Waals surface area contributed by atoms with Crippen molar-refractivity contribution in [2.45, 2.75) is 24.3 Å². The van der Waals surface area contributed by atoms with Gasteiger partial charge >= 0.3 is 0 Å². The topological polar surface area (TPSA) is 101 Å². The van der Waals surface area contributed by atoms with E-state index in [1.54, 1.807) is 6.92 Å². The van der Waals surface area contributed by atoms with Crippen molar-refractivity contribution in [2.24, 2.45) is 0 Å². The summed E-state index contributed by atoms with van der Waals surface area (Å²) in [6.45, 7) is 2.88. The van der Waals surface area contributed by atoms with Crippen molar-refractivity contribution in [2.75, 3.05) is 13.1 Å². The van der Waals surface area contributed by atoms with Crippen LogP contribution in [0.5, 0.6) is 0 Å². The number of nitrogens with one attached hydrogen (secondary N) is 2. The number of hydrogen-bond acceptors (Lipinski definition) is 5. The predicted molar refractivity (Wildman–Crippen MR) is 84.4 cm³/mol. The van der Waals surface area contributed by atoms with Gasteiger partial charge in [-0.2, -0.15) is 0 Å². The van der Waals surface area contributed by atoms with Crippen molar-refractivity contribution in [3.05, 3.63) is 32.3 Å². The fourth-order valence-electron chi connectivity index (χ4n) is 2.03. The average Bonchev–Trinajstić information content (AvgIpc) is 2.83. The Kier molecular flexibility index (Phi) is 6.11. The minimum absolute atomic E-state index is 0. The van der Waals surface area contributed by atoms with Crippen molar-refractivity contribution in [1.29, 1.82) is 0 Å². The SMILES string of the molecule is Cc1c(Br)cc(S(=O)(=O)NC2CCNC2)cc1[N+](=O)[O-].Cl. The second-order valence-electron chi connectivity index (χ2n) is 4.62. The highest BCUT2D eigenvalue weighted by atomic mass is 79.9. The van der Waals surface area contributed by atoms with Crippen LogP contribution >= 0.6 is 28.3 Å². The molecule has 2 N–H and O–H groups in total. The van der Waals surface area contributed by atoms with Gasteiger partial charge < -0.3 is 5.32 Å². The van der Waals surface area contributed by atoms with Crippen LogP contribution in [0.4, 0.5) is 5.69 Å². The maximum Gasteiger partial charge on any atom is 0.274 e. The van der Waals surface area contributed by atoms with Crippen LogP contribution in [0.25, 0.3) is 0 Å². The van der Waals surface area contributed by atoms with Gasteiger partial charge in [-0.1, -0.05) is 15.9 Å². The highest BCUT2D eigenvalue weighted by Gasteiger charge is 2.26. The number of halogens is 2. The van der Waals surface area contributed by atoms with E-state index in [9.17, 15) is 18.5 Å². The molecule has 1 heterocycles. The minimum Gasteiger partial charge on any atom is -0.315 e. The van der Waals surface area contributed by atoms with Gasteiger partial charge in [0.1, 0.15) is 0 Å². The molecule has 0 radical (unpaired) electrons. The Morgan fingerprint density at radius 2 is 2.14 bits per heavy atom. The van der Waals surface area contributed by atoms with Crippen LogP contribution in [0.1, 0.15) is 12.0 Å². The number of sulfonamides is 1. The van der Waals surface area contributed by atoms with Crippen molar-refractivity contribution < 1.29 is 13.3 Å². The van der Waals surface area contributed by atoms with E-state index in [0.29, 0.717) is 23.0 Å². The van der Waals surface area contributed by atoms with Gasteiger partial charge in [0.25, 0.3) is 5.69 Å². The fraction of sp³-hybridized carbons (Fsp3) is 0.455. The van der Waals surface area contributed by atoms with Crippen LogP contribution in [0.3, 0.4) is 0 Å². The quantitative estimate of drug-likeness (QED) is 0.592. The molecule has 0 amide bonds. The largest absolute Gasteiger partial charge is 0.315 e. The molecule has 1 aliphatic heterocycles. The molecule has 1 aliphatic rings. The molecule has 0 aromatic heterocycles. The van der Waals surface area contributed by atoms with E-state index < -0.39 is 14.9 Å². The Balaban J connectivity index is 0.00000220. The summed E-state index contributed by atoms with van der Waals surface area (Å²) in [7, 11) is -3.76. The smallest absolute Gasteiger partial charge is 0.274 e. The molecule has 1 atom stereocenters. The molecule has 0 spiro atoms. The first-order valence-electron chi connectivity index (χ1n) is 5.99. The molecule has 0 bridgehead atoms. The summed E-state index contributed by atoms with van der Waals surface area (Å²) in [5, 5.41) is 14.0. The predicted octanol–water partition coefficient (Wildman–Crippen LogP) is 1.73. The first-order valence-corrected chi connectivity index (χ1v) is 8.26. The molecule has 118 valence electrons. The summed E-state index contributed by atoms with van der Waals surface area (Å²) in [6.07, 6.45) is 0.703. The number of benzene rings is 1. The monoisotopic (exact) mass is 399 g/mol. The number of nitro benzene ring substituents is 1. The van der Waals surface area contributed by atoms with Crippen LogP contribution in [-0.4, -0.2) is 32.5 Å². The standard InChI is InChI=1S/C11H14BrN3O4S.ClH/c1-7-10(12)4-9(5-11(7)15(16)17)20(18,19)14-8-2-3-13-6-8;/h4-5,8,13-14H,2-3,6H2,1H3;1H. The van der Waals surface area contributed by atoms with Gasteiger partial charge in [-0.05, 0) is 26.0 Å². The van der Waals surface area contributed by atoms with Gasteiger partial charge in [0.15, 0.2) is 0 Å². The third-order valence-corrected chi connectivity index (χ3v) is 5.50. The molecular weight excluding hydrogens is 386 g/mol. The summed E-state index contributed by atoms with van der Waals surface area (Å²) >= 11 is 3.16. The second-order valence-corrected chi connectivity index (χ2v) is 7.19. The molecule has 2 rings (SSSR count). The average molecular weight is 401 g/mol. The van der Waals surface area contributed by atoms with E-state index in [1.165, 1.54) is 6.07 Å². The molecule has 7 nitrogen and oxygen atoms in total. The number of nitrogens with zero attached hydrogens (tertiary/aromatic N) is 1. The third kappa shape index (κ3) is 4.13. The zero-order chi connectivity index (χ0) is 14.9. The number of nitro groups is 1. The molecule has 1 saturated heterocycles. The summed E-state index contributed by atoms with van der Waals surface area (Å²) < 4.78 is 27.4. The lowest BCUT2D eigenvalue weighted by Crippen LogP contribution is -2.36. The van der Waals surface area contributed by atoms with Gasteiger partial charge in [-0.25, -0.2) is 13.1 Å². The Morgan fingerprint density at radius 1 is 1.48 bits per heavy atom. The Hall–Kier alpha value is -0.740. The summed E-state index contributed by atoms with van der Waals surface area (Å²) in [6, 6.07) is 2.29. The highest BCUT2D eigenvalue weighted by Crippen LogP contribution is 2.29. The van der Waals surface area contributed by atoms with Crippen molar-refractivity contribution in [1.82, 2.24) is 10.0 Å². The van der Waals surface area contributed by atoms with Gasteiger partial charge in [0, 0.05) is 28.7 Å². The zero-order valence-corrected chi connectivity index (χ0v) is 14.3. The summed E-state index contributed by atoms with van der Waals surface area (Å²) in [4.78, 5) is 10.3. The van der Waals surface area contributed by atoms with Crippen LogP contribution in [0, 0.1) is 17.0 Å². The summed E-state index contributed by atoms with van der Waals surface area (Å²) in [5.74, 6) is 0. The molecule has 1 fully saturated rings. The fourth-order valence-corrected chi connectivity index (χ4v) is 3.94. The lowest BCUT2D eigenvalue weighted by Gasteiger charge is -2.12. The first-order chi connectivity index (χ1) is 9.31. The van der Waals surface area contributed by atoms with Gasteiger partial charge in [-0.15, -0.1) is 12.4 Å². The molecule has 21 heavy (non-hydrogen) atoms. The lowest BCUT2D eigenvalue weighted by molar-refractivity contribution is -0.385. The van der Waals surface area contributed by atoms with Crippen molar-refractivity contribution >= 4 is 44.0 Å². The van der Waals surface area contributed by atoms with E-state index in [2.05, 4.69) is 26.0 Å². The van der Waals surface area contributed by atoms with Crippen LogP contribution in [0.2, 0.25) is 0 Å². The summed E-state index contributed by atoms with van der Waals surface area (Å²) in [5.41, 5.74) is 0.181. The molecule has 0 saturated carbocycles. The van der Waals surface area contributed by atoms with E-state index in [-0.39, 0.29) is 29.0 Å². The Morgan fingerprint density at radius 3 is 2.67 bits per heavy atom. The first kappa shape index (κ1) is 18.3. The van der Waals surface area contributed by atoms with Crippen molar-refractivity contribution in [3.8, 4) is 0 Å². The Bertz CT molecular complexity index is 647. The maximum atomic E-state index is 12.2. The van der Waals surface area contributed by atoms with E-state index in [0.717, 1.165) is 12.6 Å². The Labute approximate surface area is 137 Å². The van der Waals surface area contributed by atoms with Gasteiger partial charge in [0.05, 0.1) is 9.82 Å². The second kappa shape index (κ2) is 7.01. The molecule has 1 unspecified atom stereocenters. The van der Waals surface area contributed by atoms with Crippen LogP contribution in [0.15, 0.2) is 21.5 Å². The van der Waals surface area contributed by atoms with Crippen LogP contribution < -0.4 is 10.0 Å². The normalized spacial score (nSPS) is 18.3. The van der Waals surface area contributed by atoms with Crippen LogP contribution in [-0.2, 0) is 10.0 Å². The molecule has 1 aromatic carbocycles. The number of rotatable bonds is 4. The van der Waals surface area contributed by atoms with E-state index in [1.807, 2.05) is 0 Å². The third-order valence-electron chi connectivity index (χ3n) is 3.18. The maximum absolute atomic E-state index is 12.2. The van der Waals surface area contributed by atoms with Gasteiger partial charge in [0.2, 0.25) is 10.0 Å². The molecule has 10 heteroatoms.